The second kappa shape index (κ2) is 26.4. The van der Waals surface area contributed by atoms with Gasteiger partial charge in [-0.25, -0.2) is 0 Å². The summed E-state index contributed by atoms with van der Waals surface area (Å²) in [7, 11) is 1.70. The highest BCUT2D eigenvalue weighted by atomic mass is 16.5. The third-order valence-corrected chi connectivity index (χ3v) is 12.8. The normalized spacial score (nSPS) is 25.6. The van der Waals surface area contributed by atoms with Crippen molar-refractivity contribution in [3.05, 3.63) is 35.5 Å². The number of likely N-dealkylation sites (tertiary alicyclic amines) is 1. The molecule has 2 unspecified atom stereocenters. The summed E-state index contributed by atoms with van der Waals surface area (Å²) in [5.41, 5.74) is 2.55. The first-order chi connectivity index (χ1) is 27.3. The van der Waals surface area contributed by atoms with Gasteiger partial charge in [-0.3, -0.25) is 14.4 Å². The number of allylic oxidation sites excluding steroid dienone is 4. The van der Waals surface area contributed by atoms with E-state index in [2.05, 4.69) is 52.0 Å². The highest BCUT2D eigenvalue weighted by molar-refractivity contribution is 6.37. The molecule has 1 aliphatic carbocycles. The third kappa shape index (κ3) is 18.0. The molecular formula is C47H78N2O8. The van der Waals surface area contributed by atoms with E-state index in [0.29, 0.717) is 56.4 Å². The van der Waals surface area contributed by atoms with Crippen LogP contribution in [0.3, 0.4) is 0 Å². The van der Waals surface area contributed by atoms with Gasteiger partial charge in [-0.15, -0.1) is 0 Å². The van der Waals surface area contributed by atoms with E-state index in [0.717, 1.165) is 114 Å². The molecule has 2 aliphatic heterocycles. The molecule has 0 spiro atoms. The van der Waals surface area contributed by atoms with Crippen LogP contribution in [0.1, 0.15) is 157 Å². The van der Waals surface area contributed by atoms with Gasteiger partial charge in [0.1, 0.15) is 12.2 Å². The van der Waals surface area contributed by atoms with Crippen molar-refractivity contribution in [3.8, 4) is 0 Å². The fraction of sp³-hybridized carbons (Fsp3) is 0.787. The quantitative estimate of drug-likeness (QED) is 0.0273. The lowest BCUT2D eigenvalue weighted by Crippen LogP contribution is -2.46. The van der Waals surface area contributed by atoms with Crippen LogP contribution in [-0.4, -0.2) is 95.8 Å². The van der Waals surface area contributed by atoms with E-state index in [1.54, 1.807) is 12.0 Å². The molecule has 0 bridgehead atoms. The van der Waals surface area contributed by atoms with Gasteiger partial charge in [-0.05, 0) is 158 Å². The molecule has 3 rings (SSSR count). The van der Waals surface area contributed by atoms with Crippen LogP contribution in [0.25, 0.3) is 0 Å². The maximum absolute atomic E-state index is 13.0. The molecule has 10 nitrogen and oxygen atoms in total. The molecule has 0 radical (unpaired) electrons. The zero-order valence-corrected chi connectivity index (χ0v) is 36.3. The molecule has 8 atom stereocenters. The molecule has 0 aromatic heterocycles. The molecule has 0 aromatic carbocycles. The number of aliphatic hydroxyl groups is 2. The van der Waals surface area contributed by atoms with Crippen LogP contribution >= 0.6 is 0 Å². The fourth-order valence-electron chi connectivity index (χ4n) is 8.91. The van der Waals surface area contributed by atoms with Crippen molar-refractivity contribution in [1.82, 2.24) is 4.90 Å². The van der Waals surface area contributed by atoms with E-state index in [1.165, 1.54) is 0 Å². The molecule has 3 fully saturated rings. The molecule has 3 N–H and O–H groups in total. The summed E-state index contributed by atoms with van der Waals surface area (Å²) in [6.45, 7) is 12.3. The van der Waals surface area contributed by atoms with Crippen LogP contribution < -0.4 is 0 Å². The number of ketones is 1. The smallest absolute Gasteiger partial charge is 0.293 e. The summed E-state index contributed by atoms with van der Waals surface area (Å²) in [6.07, 6.45) is 23.0. The van der Waals surface area contributed by atoms with E-state index in [4.69, 9.17) is 19.6 Å². The van der Waals surface area contributed by atoms with Gasteiger partial charge in [-0.1, -0.05) is 45.1 Å². The molecule has 0 aromatic rings. The summed E-state index contributed by atoms with van der Waals surface area (Å²) in [4.78, 5) is 38.6. The van der Waals surface area contributed by atoms with E-state index in [9.17, 15) is 24.6 Å². The average Bonchev–Trinajstić information content (AvgIpc) is 3.21. The molecule has 2 saturated heterocycles. The maximum Gasteiger partial charge on any atom is 0.293 e. The zero-order chi connectivity index (χ0) is 41.7. The van der Waals surface area contributed by atoms with Crippen LogP contribution in [0.2, 0.25) is 0 Å². The van der Waals surface area contributed by atoms with Gasteiger partial charge in [0.2, 0.25) is 5.78 Å². The first-order valence-corrected chi connectivity index (χ1v) is 22.4. The van der Waals surface area contributed by atoms with Crippen molar-refractivity contribution < 1.29 is 38.8 Å². The summed E-state index contributed by atoms with van der Waals surface area (Å²) in [5.74, 6) is 0.553. The number of Topliss-reactive ketones (excluding diaryl/α,β-unsaturated/α-hetero) is 1. The molecular weight excluding hydrogens is 721 g/mol. The van der Waals surface area contributed by atoms with Gasteiger partial charge in [0.15, 0.2) is 0 Å². The van der Waals surface area contributed by atoms with Crippen molar-refractivity contribution in [2.45, 2.75) is 193 Å². The topological polar surface area (TPSA) is 146 Å². The Hall–Kier alpha value is -2.66. The van der Waals surface area contributed by atoms with Gasteiger partial charge in [-0.2, -0.15) is 0 Å². The van der Waals surface area contributed by atoms with Gasteiger partial charge in [0.05, 0.1) is 24.4 Å². The largest absolute Gasteiger partial charge is 0.465 e. The second-order valence-electron chi connectivity index (χ2n) is 17.8. The monoisotopic (exact) mass is 799 g/mol. The minimum Gasteiger partial charge on any atom is -0.465 e. The predicted octanol–water partition coefficient (Wildman–Crippen LogP) is 8.86. The molecule has 57 heavy (non-hydrogen) atoms. The first kappa shape index (κ1) is 48.7. The second-order valence-corrected chi connectivity index (χ2v) is 17.8. The van der Waals surface area contributed by atoms with Crippen LogP contribution in [0, 0.1) is 29.1 Å². The number of amides is 1. The van der Waals surface area contributed by atoms with E-state index in [1.807, 2.05) is 6.92 Å². The Balaban J connectivity index is 1.34. The Kier molecular flexibility index (Phi) is 22.6. The standard InChI is InChI=1S/C47H78N2O8/c1-33(14-9-7-10-15-35(3)45(55-6)30-41-16-13-17-44(57-41)46(53)47(54)49-26-11-8-12-27-49)28-36(4)42(48)31-43(52)37(5)29-34(2)18-24-40(56-32-50)25-21-38-19-22-39(51)23-20-38/h7,10,15,29,32-34,36,38-41,43-45,48,51-52H,8-9,11-14,16-28,30-31H2,1-6H3/b10-7+,35-15+,37-29+,48-42?/t33-,34+,36-,38-,39-,40+,41?,43+,44?,45+/m1/s1. The number of aliphatic hydroxyl groups excluding tert-OH is 2. The number of carbonyl (C=O) groups is 3. The number of methoxy groups -OCH3 is 1. The van der Waals surface area contributed by atoms with Crippen LogP contribution in [0.5, 0.6) is 0 Å². The Morgan fingerprint density at radius 1 is 0.930 bits per heavy atom. The molecule has 1 saturated carbocycles. The van der Waals surface area contributed by atoms with Crippen molar-refractivity contribution in [2.75, 3.05) is 20.2 Å². The Bertz CT molecular complexity index is 1310. The number of nitrogens with one attached hydrogen (secondary N) is 1. The van der Waals surface area contributed by atoms with Crippen LogP contribution in [0.15, 0.2) is 35.5 Å². The van der Waals surface area contributed by atoms with E-state index < -0.39 is 18.0 Å². The predicted molar refractivity (Wildman–Crippen MR) is 227 cm³/mol. The number of rotatable bonds is 25. The number of carbonyl (C=O) groups excluding carboxylic acids is 3. The number of ether oxygens (including phenoxy) is 3. The lowest BCUT2D eigenvalue weighted by atomic mass is 9.83. The lowest BCUT2D eigenvalue weighted by Gasteiger charge is -2.33. The Morgan fingerprint density at radius 3 is 2.33 bits per heavy atom. The third-order valence-electron chi connectivity index (χ3n) is 12.8. The van der Waals surface area contributed by atoms with Gasteiger partial charge >= 0.3 is 0 Å². The molecule has 10 heteroatoms. The molecule has 324 valence electrons. The van der Waals surface area contributed by atoms with Crippen LogP contribution in [-0.2, 0) is 28.6 Å². The van der Waals surface area contributed by atoms with E-state index >= 15 is 0 Å². The number of hydrogen-bond acceptors (Lipinski definition) is 9. The van der Waals surface area contributed by atoms with Crippen LogP contribution in [0.4, 0.5) is 0 Å². The fourth-order valence-corrected chi connectivity index (χ4v) is 8.91. The van der Waals surface area contributed by atoms with Gasteiger partial charge in [0, 0.05) is 38.8 Å². The molecule has 3 aliphatic rings. The first-order valence-electron chi connectivity index (χ1n) is 22.4. The summed E-state index contributed by atoms with van der Waals surface area (Å²) in [6, 6.07) is 0. The maximum atomic E-state index is 13.0. The van der Waals surface area contributed by atoms with Gasteiger partial charge in [0.25, 0.3) is 12.4 Å². The summed E-state index contributed by atoms with van der Waals surface area (Å²) in [5, 5.41) is 29.5. The number of hydrogen-bond donors (Lipinski definition) is 3. The highest BCUT2D eigenvalue weighted by Gasteiger charge is 2.35. The zero-order valence-electron chi connectivity index (χ0n) is 36.3. The van der Waals surface area contributed by atoms with E-state index in [-0.39, 0.29) is 42.2 Å². The average molecular weight is 799 g/mol. The Morgan fingerprint density at radius 2 is 1.65 bits per heavy atom. The molecule has 1 amide bonds. The van der Waals surface area contributed by atoms with Gasteiger partial charge < -0.3 is 34.7 Å². The number of piperidine rings is 1. The molecule has 2 heterocycles. The minimum atomic E-state index is -0.683. The SMILES string of the molecule is CO[C@@H](CC1CCCC(C(=O)C(=O)N2CCCCC2)O1)/C(C)=C/C=C/CC[C@@H](C)C[C@@H](C)C(=N)C[C@H](O)/C(C)=C/[C@@H](C)CC[C@@H](CC[C@H]1CC[C@H](O)CC1)OC=O. The minimum absolute atomic E-state index is 0.0851. The summed E-state index contributed by atoms with van der Waals surface area (Å²) < 4.78 is 17.4. The van der Waals surface area contributed by atoms with Crippen molar-refractivity contribution in [2.24, 2.45) is 23.7 Å². The number of nitrogens with zero attached hydrogens (tertiary/aromatic N) is 1. The van der Waals surface area contributed by atoms with Crippen molar-refractivity contribution in [3.63, 3.8) is 0 Å². The van der Waals surface area contributed by atoms with Crippen molar-refractivity contribution in [1.29, 1.82) is 5.41 Å². The lowest BCUT2D eigenvalue weighted by molar-refractivity contribution is -0.157. The van der Waals surface area contributed by atoms with Crippen molar-refractivity contribution >= 4 is 23.9 Å². The highest BCUT2D eigenvalue weighted by Crippen LogP contribution is 2.30. The Labute approximate surface area is 344 Å². The summed E-state index contributed by atoms with van der Waals surface area (Å²) >= 11 is 0.